The van der Waals surface area contributed by atoms with Crippen molar-refractivity contribution in [2.24, 2.45) is 5.92 Å². The van der Waals surface area contributed by atoms with Crippen LogP contribution in [0.1, 0.15) is 39.5 Å². The van der Waals surface area contributed by atoms with Crippen molar-refractivity contribution in [1.29, 1.82) is 0 Å². The number of hydrogen-bond acceptors (Lipinski definition) is 3. The summed E-state index contributed by atoms with van der Waals surface area (Å²) in [5.41, 5.74) is 0. The van der Waals surface area contributed by atoms with Gasteiger partial charge >= 0.3 is 0 Å². The summed E-state index contributed by atoms with van der Waals surface area (Å²) in [5.74, 6) is 1.06. The number of hydrogen-bond donors (Lipinski definition) is 2. The number of rotatable bonds is 10. The van der Waals surface area contributed by atoms with Gasteiger partial charge in [-0.2, -0.15) is 0 Å². The van der Waals surface area contributed by atoms with E-state index in [9.17, 15) is 4.79 Å². The molecule has 0 saturated carbocycles. The number of benzene rings is 1. The number of aliphatic hydroxyl groups excluding tert-OH is 1. The number of halogens is 1. The zero-order chi connectivity index (χ0) is 16.4. The Hall–Kier alpha value is -1.07. The molecule has 124 valence electrons. The molecule has 5 heteroatoms. The molecule has 2 N–H and O–H groups in total. The van der Waals surface area contributed by atoms with Gasteiger partial charge in [0.05, 0.1) is 11.1 Å². The molecule has 2 atom stereocenters. The van der Waals surface area contributed by atoms with Crippen molar-refractivity contribution in [2.45, 2.75) is 45.6 Å². The van der Waals surface area contributed by atoms with Gasteiger partial charge in [0.1, 0.15) is 5.75 Å². The standard InChI is InChI=1S/C17H26BrNO3/c1-3-14(11-13(2)12-20)19-17(21)9-6-10-22-16-8-5-4-7-15(16)18/h4-5,7-8,13-14,20H,3,6,9-12H2,1-2H3,(H,19,21)/t13-,14-/m1/s1. The predicted octanol–water partition coefficient (Wildman–Crippen LogP) is 3.52. The number of carbonyl (C=O) groups excluding carboxylic acids is 1. The predicted molar refractivity (Wildman–Crippen MR) is 92.0 cm³/mol. The van der Waals surface area contributed by atoms with Crippen LogP contribution in [-0.2, 0) is 4.79 Å². The maximum atomic E-state index is 11.9. The van der Waals surface area contributed by atoms with Crippen LogP contribution in [0, 0.1) is 5.92 Å². The van der Waals surface area contributed by atoms with Crippen molar-refractivity contribution < 1.29 is 14.6 Å². The van der Waals surface area contributed by atoms with E-state index < -0.39 is 0 Å². The Morgan fingerprint density at radius 1 is 1.41 bits per heavy atom. The van der Waals surface area contributed by atoms with E-state index in [1.807, 2.05) is 38.1 Å². The third-order valence-electron chi connectivity index (χ3n) is 3.50. The second-order valence-corrected chi connectivity index (χ2v) is 6.43. The highest BCUT2D eigenvalue weighted by Gasteiger charge is 2.13. The quantitative estimate of drug-likeness (QED) is 0.618. The molecule has 0 fully saturated rings. The minimum Gasteiger partial charge on any atom is -0.492 e. The highest BCUT2D eigenvalue weighted by Crippen LogP contribution is 2.23. The second kappa shape index (κ2) is 10.6. The highest BCUT2D eigenvalue weighted by atomic mass is 79.9. The number of ether oxygens (including phenoxy) is 1. The zero-order valence-electron chi connectivity index (χ0n) is 13.3. The van der Waals surface area contributed by atoms with Crippen LogP contribution >= 0.6 is 15.9 Å². The van der Waals surface area contributed by atoms with Crippen LogP contribution in [0.3, 0.4) is 0 Å². The van der Waals surface area contributed by atoms with Crippen molar-refractivity contribution in [3.05, 3.63) is 28.7 Å². The Morgan fingerprint density at radius 3 is 2.77 bits per heavy atom. The molecule has 0 aliphatic heterocycles. The molecular weight excluding hydrogens is 346 g/mol. The molecule has 0 aliphatic carbocycles. The minimum absolute atomic E-state index is 0.0488. The minimum atomic E-state index is 0.0488. The van der Waals surface area contributed by atoms with E-state index in [-0.39, 0.29) is 24.5 Å². The van der Waals surface area contributed by atoms with Gasteiger partial charge in [-0.05, 0) is 53.2 Å². The van der Waals surface area contributed by atoms with Crippen molar-refractivity contribution in [2.75, 3.05) is 13.2 Å². The Balaban J connectivity index is 2.24. The molecule has 0 unspecified atom stereocenters. The van der Waals surface area contributed by atoms with E-state index in [1.54, 1.807) is 0 Å². The second-order valence-electron chi connectivity index (χ2n) is 5.58. The molecule has 1 aromatic rings. The molecule has 4 nitrogen and oxygen atoms in total. The molecule has 1 aromatic carbocycles. The molecule has 1 amide bonds. The summed E-state index contributed by atoms with van der Waals surface area (Å²) in [6.07, 6.45) is 2.82. The summed E-state index contributed by atoms with van der Waals surface area (Å²) in [5, 5.41) is 12.1. The van der Waals surface area contributed by atoms with Crippen LogP contribution in [0.4, 0.5) is 0 Å². The van der Waals surface area contributed by atoms with E-state index in [0.717, 1.165) is 23.1 Å². The molecular formula is C17H26BrNO3. The fraction of sp³-hybridized carbons (Fsp3) is 0.588. The summed E-state index contributed by atoms with van der Waals surface area (Å²) in [6, 6.07) is 7.81. The normalized spacial score (nSPS) is 13.5. The van der Waals surface area contributed by atoms with Crippen LogP contribution in [0.15, 0.2) is 28.7 Å². The fourth-order valence-electron chi connectivity index (χ4n) is 2.16. The zero-order valence-corrected chi connectivity index (χ0v) is 14.9. The maximum Gasteiger partial charge on any atom is 0.220 e. The number of aliphatic hydroxyl groups is 1. The maximum absolute atomic E-state index is 11.9. The fourth-order valence-corrected chi connectivity index (χ4v) is 2.56. The molecule has 0 radical (unpaired) electrons. The van der Waals surface area contributed by atoms with Gasteiger partial charge in [-0.25, -0.2) is 0 Å². The van der Waals surface area contributed by atoms with Gasteiger partial charge in [0, 0.05) is 19.1 Å². The Kier molecular flexibility index (Phi) is 9.16. The van der Waals surface area contributed by atoms with Gasteiger partial charge in [-0.3, -0.25) is 4.79 Å². The van der Waals surface area contributed by atoms with Gasteiger partial charge in [0.15, 0.2) is 0 Å². The first-order valence-electron chi connectivity index (χ1n) is 7.84. The molecule has 22 heavy (non-hydrogen) atoms. The summed E-state index contributed by atoms with van der Waals surface area (Å²) in [4.78, 5) is 11.9. The molecule has 0 spiro atoms. The van der Waals surface area contributed by atoms with E-state index in [4.69, 9.17) is 9.84 Å². The third kappa shape index (κ3) is 7.27. The summed E-state index contributed by atoms with van der Waals surface area (Å²) >= 11 is 3.42. The largest absolute Gasteiger partial charge is 0.492 e. The van der Waals surface area contributed by atoms with E-state index >= 15 is 0 Å². The smallest absolute Gasteiger partial charge is 0.220 e. The summed E-state index contributed by atoms with van der Waals surface area (Å²) in [7, 11) is 0. The Bertz CT molecular complexity index is 453. The monoisotopic (exact) mass is 371 g/mol. The number of nitrogens with one attached hydrogen (secondary N) is 1. The molecule has 0 saturated heterocycles. The first-order chi connectivity index (χ1) is 10.6. The Labute approximate surface area is 141 Å². The average Bonchev–Trinajstić information content (AvgIpc) is 2.52. The molecule has 0 aliphatic rings. The lowest BCUT2D eigenvalue weighted by Gasteiger charge is -2.20. The van der Waals surface area contributed by atoms with E-state index in [0.29, 0.717) is 19.4 Å². The van der Waals surface area contributed by atoms with Gasteiger partial charge in [0.2, 0.25) is 5.91 Å². The lowest BCUT2D eigenvalue weighted by atomic mass is 10.0. The lowest BCUT2D eigenvalue weighted by Crippen LogP contribution is -2.36. The van der Waals surface area contributed by atoms with Crippen molar-refractivity contribution in [3.63, 3.8) is 0 Å². The van der Waals surface area contributed by atoms with Crippen LogP contribution in [0.5, 0.6) is 5.75 Å². The SMILES string of the molecule is CC[C@H](C[C@@H](C)CO)NC(=O)CCCOc1ccccc1Br. The van der Waals surface area contributed by atoms with Crippen molar-refractivity contribution in [3.8, 4) is 5.75 Å². The van der Waals surface area contributed by atoms with Gasteiger partial charge in [-0.1, -0.05) is 26.0 Å². The van der Waals surface area contributed by atoms with E-state index in [2.05, 4.69) is 21.2 Å². The number of para-hydroxylation sites is 1. The van der Waals surface area contributed by atoms with Gasteiger partial charge < -0.3 is 15.2 Å². The van der Waals surface area contributed by atoms with Crippen LogP contribution in [0.25, 0.3) is 0 Å². The molecule has 0 bridgehead atoms. The van der Waals surface area contributed by atoms with Crippen LogP contribution in [-0.4, -0.2) is 30.3 Å². The van der Waals surface area contributed by atoms with Gasteiger partial charge in [-0.15, -0.1) is 0 Å². The van der Waals surface area contributed by atoms with Crippen LogP contribution < -0.4 is 10.1 Å². The Morgan fingerprint density at radius 2 is 2.14 bits per heavy atom. The number of carbonyl (C=O) groups is 1. The average molecular weight is 372 g/mol. The van der Waals surface area contributed by atoms with E-state index in [1.165, 1.54) is 0 Å². The first kappa shape index (κ1) is 19.0. The van der Waals surface area contributed by atoms with Gasteiger partial charge in [0.25, 0.3) is 0 Å². The third-order valence-corrected chi connectivity index (χ3v) is 4.15. The summed E-state index contributed by atoms with van der Waals surface area (Å²) < 4.78 is 6.56. The molecule has 1 rings (SSSR count). The van der Waals surface area contributed by atoms with Crippen molar-refractivity contribution >= 4 is 21.8 Å². The topological polar surface area (TPSA) is 58.6 Å². The highest BCUT2D eigenvalue weighted by molar-refractivity contribution is 9.10. The lowest BCUT2D eigenvalue weighted by molar-refractivity contribution is -0.122. The first-order valence-corrected chi connectivity index (χ1v) is 8.63. The van der Waals surface area contributed by atoms with Crippen molar-refractivity contribution in [1.82, 2.24) is 5.32 Å². The number of amides is 1. The molecule has 0 aromatic heterocycles. The van der Waals surface area contributed by atoms with Crippen LogP contribution in [0.2, 0.25) is 0 Å². The summed E-state index contributed by atoms with van der Waals surface area (Å²) in [6.45, 7) is 4.71. The molecule has 0 heterocycles.